The van der Waals surface area contributed by atoms with Crippen LogP contribution in [0.15, 0.2) is 42.5 Å². The Labute approximate surface area is 166 Å². The molecule has 0 amide bonds. The van der Waals surface area contributed by atoms with Crippen LogP contribution >= 0.6 is 0 Å². The van der Waals surface area contributed by atoms with Crippen molar-refractivity contribution in [1.82, 2.24) is 4.90 Å². The molecule has 150 valence electrons. The van der Waals surface area contributed by atoms with Gasteiger partial charge in [0.2, 0.25) is 0 Å². The number of likely N-dealkylation sites (tertiary alicyclic amines) is 1. The Morgan fingerprint density at radius 2 is 1.64 bits per heavy atom. The maximum absolute atomic E-state index is 11.3. The molecule has 1 N–H and O–H groups in total. The molecule has 1 heterocycles. The maximum atomic E-state index is 11.3. The molecule has 0 aromatic heterocycles. The summed E-state index contributed by atoms with van der Waals surface area (Å²) in [5.74, 6) is 0.478. The first kappa shape index (κ1) is 20.2. The van der Waals surface area contributed by atoms with E-state index in [1.165, 1.54) is 11.1 Å². The molecule has 28 heavy (non-hydrogen) atoms. The van der Waals surface area contributed by atoms with Crippen LogP contribution in [0, 0.1) is 5.92 Å². The van der Waals surface area contributed by atoms with Gasteiger partial charge in [0.05, 0.1) is 26.2 Å². The molecule has 1 fully saturated rings. The van der Waals surface area contributed by atoms with Crippen molar-refractivity contribution in [2.75, 3.05) is 27.3 Å². The molecule has 0 radical (unpaired) electrons. The lowest BCUT2D eigenvalue weighted by Crippen LogP contribution is -2.39. The molecule has 5 nitrogen and oxygen atoms in total. The van der Waals surface area contributed by atoms with Crippen molar-refractivity contribution >= 4 is 5.97 Å². The Bertz CT molecular complexity index is 795. The van der Waals surface area contributed by atoms with E-state index in [4.69, 9.17) is 9.47 Å². The van der Waals surface area contributed by atoms with Gasteiger partial charge in [-0.05, 0) is 61.2 Å². The number of carbonyl (C=O) groups is 1. The summed E-state index contributed by atoms with van der Waals surface area (Å²) in [5, 5.41) is 9.33. The highest BCUT2D eigenvalue weighted by molar-refractivity contribution is 5.70. The number of benzene rings is 2. The zero-order chi connectivity index (χ0) is 20.1. The molecule has 3 rings (SSSR count). The molecule has 1 aliphatic heterocycles. The number of nitrogens with zero attached hydrogens (tertiary/aromatic N) is 1. The number of hydrogen-bond acceptors (Lipinski definition) is 4. The van der Waals surface area contributed by atoms with Gasteiger partial charge in [0.25, 0.3) is 0 Å². The van der Waals surface area contributed by atoms with Gasteiger partial charge in [-0.3, -0.25) is 9.69 Å². The molecular formula is C23H29NO4. The molecule has 1 atom stereocenters. The van der Waals surface area contributed by atoms with Crippen molar-refractivity contribution in [2.24, 2.45) is 5.92 Å². The molecule has 2 aromatic rings. The van der Waals surface area contributed by atoms with Crippen LogP contribution in [0.2, 0.25) is 0 Å². The SMILES string of the molecule is CCc1ccc(C(c2ccc(OC)c(OC)c2)N2CCC(C(=O)O)CC2)cc1. The lowest BCUT2D eigenvalue weighted by atomic mass is 9.90. The molecular weight excluding hydrogens is 354 g/mol. The fourth-order valence-electron chi connectivity index (χ4n) is 3.98. The van der Waals surface area contributed by atoms with Gasteiger partial charge >= 0.3 is 5.97 Å². The van der Waals surface area contributed by atoms with Crippen LogP contribution in [0.25, 0.3) is 0 Å². The summed E-state index contributed by atoms with van der Waals surface area (Å²) >= 11 is 0. The van der Waals surface area contributed by atoms with Crippen molar-refractivity contribution < 1.29 is 19.4 Å². The van der Waals surface area contributed by atoms with Gasteiger partial charge in [-0.2, -0.15) is 0 Å². The fraction of sp³-hybridized carbons (Fsp3) is 0.435. The topological polar surface area (TPSA) is 59.0 Å². The molecule has 1 unspecified atom stereocenters. The summed E-state index contributed by atoms with van der Waals surface area (Å²) in [6.07, 6.45) is 2.35. The minimum absolute atomic E-state index is 0.0560. The molecule has 0 aliphatic carbocycles. The van der Waals surface area contributed by atoms with Crippen molar-refractivity contribution in [3.05, 3.63) is 59.2 Å². The van der Waals surface area contributed by atoms with E-state index in [2.05, 4.69) is 42.2 Å². The Morgan fingerprint density at radius 1 is 1.04 bits per heavy atom. The second-order valence-electron chi connectivity index (χ2n) is 7.26. The third-order valence-electron chi connectivity index (χ3n) is 5.67. The van der Waals surface area contributed by atoms with E-state index < -0.39 is 5.97 Å². The van der Waals surface area contributed by atoms with Gasteiger partial charge in [0.1, 0.15) is 0 Å². The number of ether oxygens (including phenoxy) is 2. The minimum Gasteiger partial charge on any atom is -0.493 e. The van der Waals surface area contributed by atoms with Gasteiger partial charge in [-0.25, -0.2) is 0 Å². The van der Waals surface area contributed by atoms with Crippen LogP contribution in [0.3, 0.4) is 0 Å². The van der Waals surface area contributed by atoms with Crippen LogP contribution < -0.4 is 9.47 Å². The van der Waals surface area contributed by atoms with Gasteiger partial charge in [-0.1, -0.05) is 37.3 Å². The van der Waals surface area contributed by atoms with E-state index in [1.807, 2.05) is 12.1 Å². The van der Waals surface area contributed by atoms with Gasteiger partial charge in [0, 0.05) is 0 Å². The Kier molecular flexibility index (Phi) is 6.57. The second-order valence-corrected chi connectivity index (χ2v) is 7.26. The summed E-state index contributed by atoms with van der Waals surface area (Å²) in [5.41, 5.74) is 3.63. The highest BCUT2D eigenvalue weighted by Crippen LogP contribution is 2.37. The van der Waals surface area contributed by atoms with Gasteiger partial charge in [0.15, 0.2) is 11.5 Å². The third kappa shape index (κ3) is 4.30. The van der Waals surface area contributed by atoms with Crippen LogP contribution in [0.5, 0.6) is 11.5 Å². The molecule has 0 saturated carbocycles. The van der Waals surface area contributed by atoms with Crippen LogP contribution in [-0.2, 0) is 11.2 Å². The number of rotatable bonds is 7. The number of methoxy groups -OCH3 is 2. The second kappa shape index (κ2) is 9.11. The van der Waals surface area contributed by atoms with Crippen molar-refractivity contribution in [3.8, 4) is 11.5 Å². The lowest BCUT2D eigenvalue weighted by Gasteiger charge is -2.37. The van der Waals surface area contributed by atoms with E-state index in [9.17, 15) is 9.90 Å². The first-order valence-electron chi connectivity index (χ1n) is 9.85. The molecule has 1 saturated heterocycles. The molecule has 0 bridgehead atoms. The average Bonchev–Trinajstić information content (AvgIpc) is 2.74. The van der Waals surface area contributed by atoms with Crippen molar-refractivity contribution in [2.45, 2.75) is 32.2 Å². The molecule has 1 aliphatic rings. The van der Waals surface area contributed by atoms with E-state index in [0.29, 0.717) is 24.3 Å². The zero-order valence-corrected chi connectivity index (χ0v) is 16.9. The lowest BCUT2D eigenvalue weighted by molar-refractivity contribution is -0.143. The Hall–Kier alpha value is -2.53. The number of piperidine rings is 1. The van der Waals surface area contributed by atoms with Crippen LogP contribution in [0.1, 0.15) is 42.5 Å². The van der Waals surface area contributed by atoms with E-state index in [1.54, 1.807) is 14.2 Å². The highest BCUT2D eigenvalue weighted by atomic mass is 16.5. The maximum Gasteiger partial charge on any atom is 0.306 e. The minimum atomic E-state index is -0.686. The first-order valence-corrected chi connectivity index (χ1v) is 9.85. The Balaban J connectivity index is 1.96. The fourth-order valence-corrected chi connectivity index (χ4v) is 3.98. The van der Waals surface area contributed by atoms with Crippen LogP contribution in [-0.4, -0.2) is 43.3 Å². The van der Waals surface area contributed by atoms with Crippen molar-refractivity contribution in [3.63, 3.8) is 0 Å². The van der Waals surface area contributed by atoms with Crippen LogP contribution in [0.4, 0.5) is 0 Å². The normalized spacial score (nSPS) is 16.5. The summed E-state index contributed by atoms with van der Waals surface area (Å²) in [6, 6.07) is 14.8. The highest BCUT2D eigenvalue weighted by Gasteiger charge is 2.30. The number of aryl methyl sites for hydroxylation is 1. The quantitative estimate of drug-likeness (QED) is 0.778. The predicted octanol–water partition coefficient (Wildman–Crippen LogP) is 4.15. The van der Waals surface area contributed by atoms with E-state index >= 15 is 0 Å². The summed E-state index contributed by atoms with van der Waals surface area (Å²) in [6.45, 7) is 3.66. The number of carboxylic acid groups (broad SMARTS) is 1. The molecule has 0 spiro atoms. The molecule has 5 heteroatoms. The molecule has 2 aromatic carbocycles. The van der Waals surface area contributed by atoms with E-state index in [-0.39, 0.29) is 12.0 Å². The summed E-state index contributed by atoms with van der Waals surface area (Å²) in [4.78, 5) is 13.7. The number of carboxylic acids is 1. The average molecular weight is 383 g/mol. The van der Waals surface area contributed by atoms with Gasteiger partial charge in [-0.15, -0.1) is 0 Å². The monoisotopic (exact) mass is 383 g/mol. The van der Waals surface area contributed by atoms with Gasteiger partial charge < -0.3 is 14.6 Å². The Morgan fingerprint density at radius 3 is 2.18 bits per heavy atom. The zero-order valence-electron chi connectivity index (χ0n) is 16.9. The first-order chi connectivity index (χ1) is 13.6. The predicted molar refractivity (Wildman–Crippen MR) is 109 cm³/mol. The standard InChI is InChI=1S/C23H29NO4/c1-4-16-5-7-17(8-6-16)22(24-13-11-18(12-14-24)23(25)26)19-9-10-20(27-2)21(15-19)28-3/h5-10,15,18,22H,4,11-14H2,1-3H3,(H,25,26). The smallest absolute Gasteiger partial charge is 0.306 e. The largest absolute Gasteiger partial charge is 0.493 e. The number of hydrogen-bond donors (Lipinski definition) is 1. The third-order valence-corrected chi connectivity index (χ3v) is 5.67. The summed E-state index contributed by atoms with van der Waals surface area (Å²) < 4.78 is 10.9. The summed E-state index contributed by atoms with van der Waals surface area (Å²) in [7, 11) is 3.28. The van der Waals surface area contributed by atoms with Crippen molar-refractivity contribution in [1.29, 1.82) is 0 Å². The van der Waals surface area contributed by atoms with E-state index in [0.717, 1.165) is 25.1 Å². The number of aliphatic carboxylic acids is 1.